The second-order valence-corrected chi connectivity index (χ2v) is 9.44. The van der Waals surface area contributed by atoms with Crippen LogP contribution in [0.5, 0.6) is 5.75 Å². The Kier molecular flexibility index (Phi) is 6.85. The fourth-order valence-electron chi connectivity index (χ4n) is 2.55. The van der Waals surface area contributed by atoms with Gasteiger partial charge in [0.05, 0.1) is 0 Å². The van der Waals surface area contributed by atoms with Crippen LogP contribution in [0.25, 0.3) is 0 Å². The van der Waals surface area contributed by atoms with E-state index in [1.165, 1.54) is 30.6 Å². The third-order valence-electron chi connectivity index (χ3n) is 3.97. The molecule has 1 aromatic carbocycles. The summed E-state index contributed by atoms with van der Waals surface area (Å²) in [5.74, 6) is 1.65. The number of unbranched alkanes of at least 4 members (excludes halogenated alkanes) is 3. The number of aromatic hydroxyl groups is 1. The molecule has 0 fully saturated rings. The second kappa shape index (κ2) is 7.77. The van der Waals surface area contributed by atoms with Crippen molar-refractivity contribution >= 4 is 11.8 Å². The lowest BCUT2D eigenvalue weighted by atomic mass is 9.79. The molecule has 0 bridgehead atoms. The Labute approximate surface area is 141 Å². The molecule has 22 heavy (non-hydrogen) atoms. The number of phenolic OH excluding ortho intramolecular Hbond substituents is 1. The minimum absolute atomic E-state index is 0.0388. The average Bonchev–Trinajstić information content (AvgIpc) is 2.37. The summed E-state index contributed by atoms with van der Waals surface area (Å²) >= 11 is 1.93. The topological polar surface area (TPSA) is 20.2 Å². The number of hydrogen-bond donors (Lipinski definition) is 1. The molecule has 0 spiro atoms. The Morgan fingerprint density at radius 3 is 1.77 bits per heavy atom. The van der Waals surface area contributed by atoms with Gasteiger partial charge in [0.1, 0.15) is 5.75 Å². The van der Waals surface area contributed by atoms with Gasteiger partial charge in [0.2, 0.25) is 0 Å². The van der Waals surface area contributed by atoms with Crippen LogP contribution in [0.2, 0.25) is 0 Å². The van der Waals surface area contributed by atoms with Gasteiger partial charge in [0.15, 0.2) is 0 Å². The molecule has 1 nitrogen and oxygen atoms in total. The van der Waals surface area contributed by atoms with Crippen LogP contribution in [0.3, 0.4) is 0 Å². The lowest BCUT2D eigenvalue weighted by molar-refractivity contribution is 0.422. The molecule has 0 radical (unpaired) electrons. The van der Waals surface area contributed by atoms with Crippen LogP contribution in [0, 0.1) is 0 Å². The zero-order valence-electron chi connectivity index (χ0n) is 15.5. The van der Waals surface area contributed by atoms with Gasteiger partial charge < -0.3 is 5.11 Å². The molecular weight excluding hydrogens is 288 g/mol. The molecule has 1 rings (SSSR count). The number of phenols is 1. The molecule has 126 valence electrons. The molecule has 0 aliphatic heterocycles. The van der Waals surface area contributed by atoms with E-state index in [-0.39, 0.29) is 10.8 Å². The van der Waals surface area contributed by atoms with Crippen molar-refractivity contribution in [1.29, 1.82) is 0 Å². The van der Waals surface area contributed by atoms with Gasteiger partial charge in [-0.15, -0.1) is 11.8 Å². The SMILES string of the molecule is CCCCCCSc1cc(C(C)(C)C)c(O)c(C(C)(C)C)c1. The van der Waals surface area contributed by atoms with Gasteiger partial charge in [0, 0.05) is 16.0 Å². The largest absolute Gasteiger partial charge is 0.507 e. The van der Waals surface area contributed by atoms with Gasteiger partial charge in [-0.25, -0.2) is 0 Å². The highest BCUT2D eigenvalue weighted by molar-refractivity contribution is 7.99. The quantitative estimate of drug-likeness (QED) is 0.467. The highest BCUT2D eigenvalue weighted by Gasteiger charge is 2.26. The highest BCUT2D eigenvalue weighted by atomic mass is 32.2. The van der Waals surface area contributed by atoms with E-state index in [0.717, 1.165) is 16.9 Å². The molecule has 0 atom stereocenters. The predicted octanol–water partition coefficient (Wildman–Crippen LogP) is 6.66. The van der Waals surface area contributed by atoms with Gasteiger partial charge in [-0.1, -0.05) is 67.7 Å². The third kappa shape index (κ3) is 5.53. The fourth-order valence-corrected chi connectivity index (χ4v) is 3.54. The number of rotatable bonds is 6. The zero-order chi connectivity index (χ0) is 17.0. The van der Waals surface area contributed by atoms with Crippen LogP contribution < -0.4 is 0 Å². The summed E-state index contributed by atoms with van der Waals surface area (Å²) in [5, 5.41) is 10.7. The van der Waals surface area contributed by atoms with Crippen LogP contribution in [-0.4, -0.2) is 10.9 Å². The summed E-state index contributed by atoms with van der Waals surface area (Å²) < 4.78 is 0. The molecule has 0 saturated carbocycles. The first-order valence-corrected chi connectivity index (χ1v) is 9.56. The van der Waals surface area contributed by atoms with E-state index in [1.807, 2.05) is 11.8 Å². The normalized spacial score (nSPS) is 12.7. The van der Waals surface area contributed by atoms with Crippen molar-refractivity contribution in [3.8, 4) is 5.75 Å². The second-order valence-electron chi connectivity index (χ2n) is 8.28. The molecular formula is C20H34OS. The summed E-state index contributed by atoms with van der Waals surface area (Å²) in [6, 6.07) is 4.38. The van der Waals surface area contributed by atoms with Gasteiger partial charge in [-0.05, 0) is 35.1 Å². The van der Waals surface area contributed by atoms with Gasteiger partial charge in [0.25, 0.3) is 0 Å². The van der Waals surface area contributed by atoms with Crippen LogP contribution in [0.1, 0.15) is 85.3 Å². The molecule has 0 saturated heterocycles. The number of hydrogen-bond acceptors (Lipinski definition) is 2. The van der Waals surface area contributed by atoms with E-state index in [2.05, 4.69) is 60.6 Å². The Balaban J connectivity index is 3.03. The summed E-state index contributed by atoms with van der Waals surface area (Å²) in [6.45, 7) is 15.3. The van der Waals surface area contributed by atoms with Crippen molar-refractivity contribution in [3.05, 3.63) is 23.3 Å². The summed E-state index contributed by atoms with van der Waals surface area (Å²) in [7, 11) is 0. The van der Waals surface area contributed by atoms with E-state index in [9.17, 15) is 5.11 Å². The molecule has 0 heterocycles. The monoisotopic (exact) mass is 322 g/mol. The first-order chi connectivity index (χ1) is 10.1. The number of benzene rings is 1. The molecule has 0 aliphatic carbocycles. The van der Waals surface area contributed by atoms with Crippen molar-refractivity contribution in [2.45, 2.75) is 89.9 Å². The fraction of sp³-hybridized carbons (Fsp3) is 0.700. The van der Waals surface area contributed by atoms with E-state index in [0.29, 0.717) is 5.75 Å². The van der Waals surface area contributed by atoms with E-state index >= 15 is 0 Å². The molecule has 0 aromatic heterocycles. The minimum atomic E-state index is -0.0388. The first kappa shape index (κ1) is 19.4. The lowest BCUT2D eigenvalue weighted by Crippen LogP contribution is -2.17. The molecule has 0 aliphatic rings. The zero-order valence-corrected chi connectivity index (χ0v) is 16.4. The molecule has 0 unspecified atom stereocenters. The molecule has 2 heteroatoms. The van der Waals surface area contributed by atoms with Gasteiger partial charge >= 0.3 is 0 Å². The van der Waals surface area contributed by atoms with Crippen molar-refractivity contribution in [1.82, 2.24) is 0 Å². The van der Waals surface area contributed by atoms with Crippen LogP contribution in [-0.2, 0) is 10.8 Å². The maximum absolute atomic E-state index is 10.7. The Morgan fingerprint density at radius 1 is 0.864 bits per heavy atom. The van der Waals surface area contributed by atoms with Crippen molar-refractivity contribution in [2.24, 2.45) is 0 Å². The van der Waals surface area contributed by atoms with E-state index in [1.54, 1.807) is 0 Å². The molecule has 1 aromatic rings. The highest BCUT2D eigenvalue weighted by Crippen LogP contribution is 2.41. The summed E-state index contributed by atoms with van der Waals surface area (Å²) in [4.78, 5) is 1.30. The van der Waals surface area contributed by atoms with E-state index < -0.39 is 0 Å². The Hall–Kier alpha value is -0.630. The first-order valence-electron chi connectivity index (χ1n) is 8.58. The Morgan fingerprint density at radius 2 is 1.36 bits per heavy atom. The minimum Gasteiger partial charge on any atom is -0.507 e. The molecule has 0 amide bonds. The summed E-state index contributed by atoms with van der Waals surface area (Å²) in [6.07, 6.45) is 5.21. The standard InChI is InChI=1S/C20H34OS/c1-8-9-10-11-12-22-15-13-16(19(2,3)4)18(21)17(14-15)20(5,6)7/h13-14,21H,8-12H2,1-7H3. The lowest BCUT2D eigenvalue weighted by Gasteiger charge is -2.28. The predicted molar refractivity (Wildman–Crippen MR) is 100 cm³/mol. The average molecular weight is 323 g/mol. The maximum atomic E-state index is 10.7. The van der Waals surface area contributed by atoms with E-state index in [4.69, 9.17) is 0 Å². The van der Waals surface area contributed by atoms with Gasteiger partial charge in [-0.2, -0.15) is 0 Å². The third-order valence-corrected chi connectivity index (χ3v) is 5.03. The van der Waals surface area contributed by atoms with Crippen molar-refractivity contribution in [3.63, 3.8) is 0 Å². The molecule has 1 N–H and O–H groups in total. The maximum Gasteiger partial charge on any atom is 0.123 e. The summed E-state index contributed by atoms with van der Waals surface area (Å²) in [5.41, 5.74) is 2.05. The van der Waals surface area contributed by atoms with Crippen LogP contribution in [0.15, 0.2) is 17.0 Å². The smallest absolute Gasteiger partial charge is 0.123 e. The van der Waals surface area contributed by atoms with Gasteiger partial charge in [-0.3, -0.25) is 0 Å². The number of thioether (sulfide) groups is 1. The Bertz CT molecular complexity index is 442. The van der Waals surface area contributed by atoms with Crippen molar-refractivity contribution in [2.75, 3.05) is 5.75 Å². The van der Waals surface area contributed by atoms with Crippen molar-refractivity contribution < 1.29 is 5.11 Å². The van der Waals surface area contributed by atoms with Crippen LogP contribution in [0.4, 0.5) is 0 Å². The van der Waals surface area contributed by atoms with Crippen LogP contribution >= 0.6 is 11.8 Å².